The Balaban J connectivity index is 2.54. The van der Waals surface area contributed by atoms with Gasteiger partial charge in [0.1, 0.15) is 10.4 Å². The normalized spacial score (nSPS) is 11.1. The van der Waals surface area contributed by atoms with E-state index in [9.17, 15) is 0 Å². The van der Waals surface area contributed by atoms with Crippen molar-refractivity contribution in [2.24, 2.45) is 0 Å². The number of aryl methyl sites for hydroxylation is 1. The van der Waals surface area contributed by atoms with E-state index >= 15 is 0 Å². The van der Waals surface area contributed by atoms with Gasteiger partial charge >= 0.3 is 0 Å². The fraction of sp³-hybridized carbons (Fsp3) is 0.364. The number of nitrogens with zero attached hydrogens (tertiary/aromatic N) is 2. The summed E-state index contributed by atoms with van der Waals surface area (Å²) in [6.45, 7) is 2.78. The second-order valence-corrected chi connectivity index (χ2v) is 4.20. The van der Waals surface area contributed by atoms with E-state index in [1.165, 1.54) is 5.69 Å². The summed E-state index contributed by atoms with van der Waals surface area (Å²) in [5, 5.41) is 0. The molecule has 2 aromatic heterocycles. The van der Waals surface area contributed by atoms with Crippen LogP contribution in [0.5, 0.6) is 0 Å². The number of imidazole rings is 1. The number of aromatic nitrogens is 2. The van der Waals surface area contributed by atoms with Crippen molar-refractivity contribution < 1.29 is 4.74 Å². The topological polar surface area (TPSA) is 26.5 Å². The Morgan fingerprint density at radius 3 is 3.00 bits per heavy atom. The highest BCUT2D eigenvalue weighted by molar-refractivity contribution is 9.10. The standard InChI is InChI=1S/C11H13BrN2O/c1-8-4-3-5-9-11(12)13-10(14(8)9)6-7-15-2/h3-5H,6-7H2,1-2H3. The number of rotatable bonds is 3. The number of hydrogen-bond donors (Lipinski definition) is 0. The third-order valence-electron chi connectivity index (χ3n) is 2.41. The van der Waals surface area contributed by atoms with Crippen LogP contribution in [0.1, 0.15) is 11.5 Å². The van der Waals surface area contributed by atoms with Gasteiger partial charge in [-0.1, -0.05) is 6.07 Å². The molecule has 3 nitrogen and oxygen atoms in total. The predicted octanol–water partition coefficient (Wildman–Crippen LogP) is 2.59. The average molecular weight is 269 g/mol. The summed E-state index contributed by atoms with van der Waals surface area (Å²) in [5.41, 5.74) is 2.30. The first-order chi connectivity index (χ1) is 7.24. The van der Waals surface area contributed by atoms with Crippen LogP contribution in [0.15, 0.2) is 22.8 Å². The number of pyridine rings is 1. The SMILES string of the molecule is COCCc1nc(Br)c2cccc(C)n12. The van der Waals surface area contributed by atoms with Gasteiger partial charge in [-0.15, -0.1) is 0 Å². The van der Waals surface area contributed by atoms with Crippen molar-refractivity contribution in [1.29, 1.82) is 0 Å². The molecule has 0 amide bonds. The number of halogens is 1. The largest absolute Gasteiger partial charge is 0.384 e. The van der Waals surface area contributed by atoms with Crippen LogP contribution >= 0.6 is 15.9 Å². The summed E-state index contributed by atoms with van der Waals surface area (Å²) in [4.78, 5) is 4.49. The van der Waals surface area contributed by atoms with E-state index < -0.39 is 0 Å². The van der Waals surface area contributed by atoms with Gasteiger partial charge < -0.3 is 4.74 Å². The van der Waals surface area contributed by atoms with Crippen molar-refractivity contribution in [3.05, 3.63) is 34.3 Å². The Kier molecular flexibility index (Phi) is 3.07. The molecule has 2 aromatic rings. The molecule has 0 aliphatic rings. The molecule has 0 bridgehead atoms. The Hall–Kier alpha value is -0.870. The van der Waals surface area contributed by atoms with Crippen LogP contribution in [0.4, 0.5) is 0 Å². The van der Waals surface area contributed by atoms with Crippen molar-refractivity contribution in [3.63, 3.8) is 0 Å². The fourth-order valence-corrected chi connectivity index (χ4v) is 2.22. The molecule has 0 saturated carbocycles. The minimum atomic E-state index is 0.694. The van der Waals surface area contributed by atoms with Crippen molar-refractivity contribution in [1.82, 2.24) is 9.38 Å². The van der Waals surface area contributed by atoms with E-state index in [0.29, 0.717) is 6.61 Å². The van der Waals surface area contributed by atoms with E-state index in [0.717, 1.165) is 22.4 Å². The monoisotopic (exact) mass is 268 g/mol. The Labute approximate surface area is 97.2 Å². The number of fused-ring (bicyclic) bond motifs is 1. The second-order valence-electron chi connectivity index (χ2n) is 3.45. The molecule has 0 fully saturated rings. The van der Waals surface area contributed by atoms with Gasteiger partial charge in [-0.3, -0.25) is 4.40 Å². The summed E-state index contributed by atoms with van der Waals surface area (Å²) >= 11 is 3.47. The lowest BCUT2D eigenvalue weighted by Crippen LogP contribution is -2.02. The summed E-state index contributed by atoms with van der Waals surface area (Å²) in [6, 6.07) is 6.18. The zero-order valence-corrected chi connectivity index (χ0v) is 10.4. The van der Waals surface area contributed by atoms with Gasteiger partial charge in [0.05, 0.1) is 12.1 Å². The van der Waals surface area contributed by atoms with Crippen molar-refractivity contribution >= 4 is 21.4 Å². The molecule has 80 valence electrons. The minimum Gasteiger partial charge on any atom is -0.384 e. The maximum Gasteiger partial charge on any atom is 0.132 e. The quantitative estimate of drug-likeness (QED) is 0.856. The Bertz CT molecular complexity index is 479. The molecule has 0 atom stereocenters. The van der Waals surface area contributed by atoms with E-state index in [4.69, 9.17) is 4.74 Å². The first kappa shape index (κ1) is 10.6. The minimum absolute atomic E-state index is 0.694. The Morgan fingerprint density at radius 2 is 2.27 bits per heavy atom. The number of hydrogen-bond acceptors (Lipinski definition) is 2. The zero-order valence-electron chi connectivity index (χ0n) is 8.83. The van der Waals surface area contributed by atoms with Gasteiger partial charge in [-0.05, 0) is 35.0 Å². The molecule has 0 radical (unpaired) electrons. The molecule has 4 heteroatoms. The third kappa shape index (κ3) is 1.92. The molecule has 0 N–H and O–H groups in total. The molecular formula is C11H13BrN2O. The third-order valence-corrected chi connectivity index (χ3v) is 3.00. The molecule has 2 rings (SSSR count). The highest BCUT2D eigenvalue weighted by atomic mass is 79.9. The predicted molar refractivity (Wildman–Crippen MR) is 63.2 cm³/mol. The van der Waals surface area contributed by atoms with Crippen LogP contribution in [0.2, 0.25) is 0 Å². The van der Waals surface area contributed by atoms with Crippen LogP contribution in [-0.4, -0.2) is 23.1 Å². The smallest absolute Gasteiger partial charge is 0.132 e. The Morgan fingerprint density at radius 1 is 1.47 bits per heavy atom. The van der Waals surface area contributed by atoms with Crippen LogP contribution in [-0.2, 0) is 11.2 Å². The molecule has 0 aromatic carbocycles. The lowest BCUT2D eigenvalue weighted by molar-refractivity contribution is 0.200. The maximum atomic E-state index is 5.08. The van der Waals surface area contributed by atoms with Crippen LogP contribution in [0.25, 0.3) is 5.52 Å². The van der Waals surface area contributed by atoms with Gasteiger partial charge in [0.25, 0.3) is 0 Å². The van der Waals surface area contributed by atoms with Gasteiger partial charge in [0.15, 0.2) is 0 Å². The van der Waals surface area contributed by atoms with Gasteiger partial charge in [-0.25, -0.2) is 4.98 Å². The second kappa shape index (κ2) is 4.33. The van der Waals surface area contributed by atoms with Gasteiger partial charge in [-0.2, -0.15) is 0 Å². The molecule has 2 heterocycles. The highest BCUT2D eigenvalue weighted by Crippen LogP contribution is 2.20. The molecule has 0 unspecified atom stereocenters. The molecule has 0 spiro atoms. The van der Waals surface area contributed by atoms with Crippen molar-refractivity contribution in [2.45, 2.75) is 13.3 Å². The van der Waals surface area contributed by atoms with Gasteiger partial charge in [0.2, 0.25) is 0 Å². The van der Waals surface area contributed by atoms with Crippen LogP contribution < -0.4 is 0 Å². The van der Waals surface area contributed by atoms with Crippen LogP contribution in [0, 0.1) is 6.92 Å². The molecular weight excluding hydrogens is 256 g/mol. The summed E-state index contributed by atoms with van der Waals surface area (Å²) < 4.78 is 8.13. The number of ether oxygens (including phenoxy) is 1. The van der Waals surface area contributed by atoms with E-state index in [1.54, 1.807) is 7.11 Å². The van der Waals surface area contributed by atoms with Gasteiger partial charge in [0, 0.05) is 19.2 Å². The molecule has 0 aliphatic heterocycles. The molecule has 0 saturated heterocycles. The summed E-state index contributed by atoms with van der Waals surface area (Å²) in [5.74, 6) is 1.04. The molecule has 15 heavy (non-hydrogen) atoms. The average Bonchev–Trinajstić information content (AvgIpc) is 2.55. The first-order valence-corrected chi connectivity index (χ1v) is 5.64. The summed E-state index contributed by atoms with van der Waals surface area (Å²) in [6.07, 6.45) is 0.828. The fourth-order valence-electron chi connectivity index (χ4n) is 1.70. The highest BCUT2D eigenvalue weighted by Gasteiger charge is 2.09. The first-order valence-electron chi connectivity index (χ1n) is 4.85. The van der Waals surface area contributed by atoms with Crippen LogP contribution in [0.3, 0.4) is 0 Å². The number of methoxy groups -OCH3 is 1. The van der Waals surface area contributed by atoms with Crippen molar-refractivity contribution in [3.8, 4) is 0 Å². The zero-order chi connectivity index (χ0) is 10.8. The lowest BCUT2D eigenvalue weighted by Gasteiger charge is -2.03. The van der Waals surface area contributed by atoms with E-state index in [2.05, 4.69) is 44.4 Å². The van der Waals surface area contributed by atoms with E-state index in [-0.39, 0.29) is 0 Å². The maximum absolute atomic E-state index is 5.08. The van der Waals surface area contributed by atoms with E-state index in [1.807, 2.05) is 6.07 Å². The summed E-state index contributed by atoms with van der Waals surface area (Å²) in [7, 11) is 1.71. The van der Waals surface area contributed by atoms with Crippen molar-refractivity contribution in [2.75, 3.05) is 13.7 Å². The lowest BCUT2D eigenvalue weighted by atomic mass is 10.3. The molecule has 0 aliphatic carbocycles.